The molecule has 0 saturated carbocycles. The molecule has 21 heavy (non-hydrogen) atoms. The van der Waals surface area contributed by atoms with Crippen LogP contribution >= 0.6 is 0 Å². The number of phenolic OH excluding ortho intramolecular Hbond substituents is 1. The summed E-state index contributed by atoms with van der Waals surface area (Å²) in [6.45, 7) is 2.38. The van der Waals surface area contributed by atoms with Gasteiger partial charge in [0.15, 0.2) is 0 Å². The molecule has 0 fully saturated rings. The molecular formula is C16H13NO4. The van der Waals surface area contributed by atoms with E-state index < -0.39 is 5.63 Å². The molecule has 1 heterocycles. The second-order valence-corrected chi connectivity index (χ2v) is 4.44. The van der Waals surface area contributed by atoms with Crippen molar-refractivity contribution in [3.05, 3.63) is 52.9 Å². The number of hydrogen-bond donors (Lipinski definition) is 1. The van der Waals surface area contributed by atoms with E-state index in [1.54, 1.807) is 18.2 Å². The number of benzene rings is 2. The molecule has 3 aromatic rings. The summed E-state index contributed by atoms with van der Waals surface area (Å²) in [5.74, 6) is 0.801. The van der Waals surface area contributed by atoms with Gasteiger partial charge in [-0.15, -0.1) is 0 Å². The van der Waals surface area contributed by atoms with Crippen LogP contribution in [0.15, 0.2) is 51.7 Å². The van der Waals surface area contributed by atoms with Crippen molar-refractivity contribution in [3.8, 4) is 23.0 Å². The number of ether oxygens (including phenoxy) is 1. The normalized spacial score (nSPS) is 10.7. The van der Waals surface area contributed by atoms with Crippen LogP contribution in [0.3, 0.4) is 0 Å². The number of para-hydroxylation sites is 1. The van der Waals surface area contributed by atoms with Gasteiger partial charge >= 0.3 is 5.63 Å². The number of nitrogens with zero attached hydrogens (tertiary/aromatic N) is 1. The van der Waals surface area contributed by atoms with E-state index in [2.05, 4.69) is 4.98 Å². The zero-order valence-electron chi connectivity index (χ0n) is 11.4. The van der Waals surface area contributed by atoms with Crippen molar-refractivity contribution in [1.82, 2.24) is 4.98 Å². The van der Waals surface area contributed by atoms with E-state index in [9.17, 15) is 9.90 Å². The molecule has 0 spiro atoms. The standard InChI is InChI=1S/C16H13NO4/c1-2-20-14-6-4-3-5-11(14)15-17-13-8-7-10(18)9-12(13)16(19)21-15/h3-9,18H,2H2,1H3. The Labute approximate surface area is 120 Å². The highest BCUT2D eigenvalue weighted by Crippen LogP contribution is 2.29. The van der Waals surface area contributed by atoms with Crippen molar-refractivity contribution >= 4 is 10.9 Å². The highest BCUT2D eigenvalue weighted by molar-refractivity contribution is 5.80. The van der Waals surface area contributed by atoms with E-state index >= 15 is 0 Å². The molecule has 0 saturated heterocycles. The average molecular weight is 283 g/mol. The van der Waals surface area contributed by atoms with Gasteiger partial charge in [-0.1, -0.05) is 12.1 Å². The van der Waals surface area contributed by atoms with Gasteiger partial charge < -0.3 is 14.3 Å². The lowest BCUT2D eigenvalue weighted by atomic mass is 10.2. The summed E-state index contributed by atoms with van der Waals surface area (Å²) in [5.41, 5.74) is 0.536. The number of aromatic nitrogens is 1. The van der Waals surface area contributed by atoms with Crippen molar-refractivity contribution in [2.24, 2.45) is 0 Å². The molecule has 1 N–H and O–H groups in total. The number of rotatable bonds is 3. The third-order valence-electron chi connectivity index (χ3n) is 3.03. The molecule has 5 nitrogen and oxygen atoms in total. The zero-order chi connectivity index (χ0) is 14.8. The van der Waals surface area contributed by atoms with E-state index in [1.165, 1.54) is 12.1 Å². The summed E-state index contributed by atoms with van der Waals surface area (Å²) in [6.07, 6.45) is 0. The van der Waals surface area contributed by atoms with Gasteiger partial charge in [-0.3, -0.25) is 0 Å². The SMILES string of the molecule is CCOc1ccccc1-c1nc2ccc(O)cc2c(=O)o1. The van der Waals surface area contributed by atoms with Crippen molar-refractivity contribution < 1.29 is 14.3 Å². The fourth-order valence-electron chi connectivity index (χ4n) is 2.10. The van der Waals surface area contributed by atoms with Crippen LogP contribution in [-0.4, -0.2) is 16.7 Å². The first-order valence-corrected chi connectivity index (χ1v) is 6.55. The maximum atomic E-state index is 12.0. The Hall–Kier alpha value is -2.82. The Balaban J connectivity index is 2.22. The predicted molar refractivity (Wildman–Crippen MR) is 78.5 cm³/mol. The van der Waals surface area contributed by atoms with Crippen LogP contribution in [0.2, 0.25) is 0 Å². The molecule has 3 rings (SSSR count). The Morgan fingerprint density at radius 1 is 1.24 bits per heavy atom. The first-order valence-electron chi connectivity index (χ1n) is 6.55. The predicted octanol–water partition coefficient (Wildman–Crippen LogP) is 2.96. The van der Waals surface area contributed by atoms with Crippen molar-refractivity contribution in [2.75, 3.05) is 6.61 Å². The summed E-state index contributed by atoms with van der Waals surface area (Å²) in [7, 11) is 0. The largest absolute Gasteiger partial charge is 0.508 e. The van der Waals surface area contributed by atoms with Gasteiger partial charge in [0.1, 0.15) is 11.5 Å². The molecule has 0 unspecified atom stereocenters. The van der Waals surface area contributed by atoms with Gasteiger partial charge in [0.05, 0.1) is 23.1 Å². The Bertz CT molecular complexity index is 854. The Kier molecular flexibility index (Phi) is 3.31. The van der Waals surface area contributed by atoms with Crippen LogP contribution in [0.5, 0.6) is 11.5 Å². The Morgan fingerprint density at radius 2 is 2.05 bits per heavy atom. The van der Waals surface area contributed by atoms with Crippen LogP contribution in [0, 0.1) is 0 Å². The molecule has 0 atom stereocenters. The zero-order valence-corrected chi connectivity index (χ0v) is 11.4. The van der Waals surface area contributed by atoms with E-state index in [1.807, 2.05) is 19.1 Å². The number of aromatic hydroxyl groups is 1. The minimum atomic E-state index is -0.544. The topological polar surface area (TPSA) is 72.6 Å². The lowest BCUT2D eigenvalue weighted by molar-refractivity contribution is 0.340. The molecule has 0 amide bonds. The fourth-order valence-corrected chi connectivity index (χ4v) is 2.10. The van der Waals surface area contributed by atoms with E-state index in [4.69, 9.17) is 9.15 Å². The summed E-state index contributed by atoms with van der Waals surface area (Å²) in [6, 6.07) is 11.6. The summed E-state index contributed by atoms with van der Waals surface area (Å²) in [5, 5.41) is 9.67. The second kappa shape index (κ2) is 5.28. The van der Waals surface area contributed by atoms with Crippen molar-refractivity contribution in [3.63, 3.8) is 0 Å². The first kappa shape index (κ1) is 13.2. The molecule has 1 aromatic heterocycles. The molecule has 0 aliphatic carbocycles. The number of hydrogen-bond acceptors (Lipinski definition) is 5. The maximum absolute atomic E-state index is 12.0. The molecule has 0 aliphatic heterocycles. The Morgan fingerprint density at radius 3 is 2.86 bits per heavy atom. The van der Waals surface area contributed by atoms with Gasteiger partial charge in [-0.25, -0.2) is 9.78 Å². The molecule has 0 radical (unpaired) electrons. The second-order valence-electron chi connectivity index (χ2n) is 4.44. The van der Waals surface area contributed by atoms with Crippen LogP contribution in [0.4, 0.5) is 0 Å². The quantitative estimate of drug-likeness (QED) is 0.800. The highest BCUT2D eigenvalue weighted by atomic mass is 16.5. The van der Waals surface area contributed by atoms with Gasteiger partial charge in [-0.05, 0) is 37.3 Å². The minimum Gasteiger partial charge on any atom is -0.508 e. The van der Waals surface area contributed by atoms with Gasteiger partial charge in [0.2, 0.25) is 5.89 Å². The summed E-state index contributed by atoms with van der Waals surface area (Å²) in [4.78, 5) is 16.4. The minimum absolute atomic E-state index is 0.000864. The molecule has 0 aliphatic rings. The molecule has 106 valence electrons. The summed E-state index contributed by atoms with van der Waals surface area (Å²) < 4.78 is 10.8. The van der Waals surface area contributed by atoms with Crippen LogP contribution in [0.25, 0.3) is 22.4 Å². The molecule has 2 aromatic carbocycles. The molecule has 0 bridgehead atoms. The third-order valence-corrected chi connectivity index (χ3v) is 3.03. The smallest absolute Gasteiger partial charge is 0.347 e. The van der Waals surface area contributed by atoms with E-state index in [-0.39, 0.29) is 17.0 Å². The first-order chi connectivity index (χ1) is 10.2. The van der Waals surface area contributed by atoms with E-state index in [0.717, 1.165) is 0 Å². The van der Waals surface area contributed by atoms with Gasteiger partial charge in [0.25, 0.3) is 0 Å². The van der Waals surface area contributed by atoms with Crippen LogP contribution < -0.4 is 10.4 Å². The van der Waals surface area contributed by atoms with Crippen molar-refractivity contribution in [1.29, 1.82) is 0 Å². The van der Waals surface area contributed by atoms with Crippen LogP contribution in [-0.2, 0) is 0 Å². The van der Waals surface area contributed by atoms with E-state index in [0.29, 0.717) is 23.4 Å². The van der Waals surface area contributed by atoms with Crippen molar-refractivity contribution in [2.45, 2.75) is 6.92 Å². The maximum Gasteiger partial charge on any atom is 0.347 e. The number of fused-ring (bicyclic) bond motifs is 1. The van der Waals surface area contributed by atoms with Gasteiger partial charge in [0, 0.05) is 0 Å². The summed E-state index contributed by atoms with van der Waals surface area (Å²) >= 11 is 0. The lowest BCUT2D eigenvalue weighted by Gasteiger charge is -2.08. The average Bonchev–Trinajstić information content (AvgIpc) is 2.49. The monoisotopic (exact) mass is 283 g/mol. The van der Waals surface area contributed by atoms with Gasteiger partial charge in [-0.2, -0.15) is 0 Å². The molecule has 5 heteroatoms. The van der Waals surface area contributed by atoms with Crippen LogP contribution in [0.1, 0.15) is 6.92 Å². The third kappa shape index (κ3) is 2.45. The molecular weight excluding hydrogens is 270 g/mol. The fraction of sp³-hybridized carbons (Fsp3) is 0.125. The highest BCUT2D eigenvalue weighted by Gasteiger charge is 2.13. The lowest BCUT2D eigenvalue weighted by Crippen LogP contribution is -2.03. The number of phenols is 1.